The van der Waals surface area contributed by atoms with Gasteiger partial charge in [-0.1, -0.05) is 0 Å². The fourth-order valence-electron chi connectivity index (χ4n) is 2.09. The van der Waals surface area contributed by atoms with Gasteiger partial charge in [-0.3, -0.25) is 9.59 Å². The molecule has 1 aliphatic heterocycles. The minimum atomic E-state index is -0.354. The van der Waals surface area contributed by atoms with Crippen LogP contribution in [0.5, 0.6) is 0 Å². The van der Waals surface area contributed by atoms with Crippen molar-refractivity contribution in [3.8, 4) is 0 Å². The summed E-state index contributed by atoms with van der Waals surface area (Å²) in [5.74, 6) is 0.553. The van der Waals surface area contributed by atoms with Gasteiger partial charge in [0, 0.05) is 18.5 Å². The van der Waals surface area contributed by atoms with Gasteiger partial charge in [0.05, 0.1) is 25.9 Å². The number of nitrogens with one attached hydrogen (secondary N) is 2. The predicted molar refractivity (Wildman–Crippen MR) is 69.7 cm³/mol. The monoisotopic (exact) mass is 279 g/mol. The van der Waals surface area contributed by atoms with Gasteiger partial charge in [-0.2, -0.15) is 0 Å². The molecule has 2 N–H and O–H groups in total. The van der Waals surface area contributed by atoms with E-state index in [4.69, 9.17) is 9.47 Å². The Hall–Kier alpha value is -1.73. The van der Waals surface area contributed by atoms with Gasteiger partial charge in [-0.05, 0) is 12.8 Å². The molecule has 1 unspecified atom stereocenters. The van der Waals surface area contributed by atoms with Crippen molar-refractivity contribution in [2.24, 2.45) is 0 Å². The van der Waals surface area contributed by atoms with Gasteiger partial charge in [0.2, 0.25) is 0 Å². The van der Waals surface area contributed by atoms with E-state index in [1.165, 1.54) is 6.07 Å². The number of aromatic nitrogens is 2. The van der Waals surface area contributed by atoms with Crippen LogP contribution in [0.3, 0.4) is 0 Å². The van der Waals surface area contributed by atoms with Crippen molar-refractivity contribution >= 4 is 5.91 Å². The molecule has 2 aliphatic rings. The Balaban J connectivity index is 1.62. The molecular formula is C13H17N3O4. The Morgan fingerprint density at radius 1 is 1.45 bits per heavy atom. The zero-order valence-electron chi connectivity index (χ0n) is 11.1. The molecule has 1 aromatic rings. The standard InChI is InChI=1S/C13H17N3O4/c17-11-5-10(15-12(16-11)8-1-2-8)13(18)14-6-9-7-19-3-4-20-9/h5,8-9H,1-4,6-7H2,(H,14,18)(H,15,16,17). The van der Waals surface area contributed by atoms with Crippen molar-refractivity contribution in [3.05, 3.63) is 27.9 Å². The van der Waals surface area contributed by atoms with Crippen LogP contribution in [0, 0.1) is 0 Å². The summed E-state index contributed by atoms with van der Waals surface area (Å²) in [6.45, 7) is 1.95. The molecule has 1 saturated heterocycles. The topological polar surface area (TPSA) is 93.3 Å². The van der Waals surface area contributed by atoms with Crippen LogP contribution in [0.2, 0.25) is 0 Å². The molecule has 1 amide bonds. The molecule has 0 bridgehead atoms. The SMILES string of the molecule is O=C(NCC1COCCO1)c1cc(=O)[nH]c(C2CC2)n1. The van der Waals surface area contributed by atoms with Crippen LogP contribution in [0.25, 0.3) is 0 Å². The second kappa shape index (κ2) is 5.72. The van der Waals surface area contributed by atoms with E-state index in [9.17, 15) is 9.59 Å². The van der Waals surface area contributed by atoms with Crippen molar-refractivity contribution in [1.29, 1.82) is 0 Å². The minimum absolute atomic E-state index is 0.141. The van der Waals surface area contributed by atoms with Gasteiger partial charge in [0.15, 0.2) is 0 Å². The Morgan fingerprint density at radius 3 is 3.00 bits per heavy atom. The zero-order chi connectivity index (χ0) is 13.9. The maximum absolute atomic E-state index is 12.0. The van der Waals surface area contributed by atoms with Crippen molar-refractivity contribution in [3.63, 3.8) is 0 Å². The highest BCUT2D eigenvalue weighted by atomic mass is 16.6. The number of amides is 1. The summed E-state index contributed by atoms with van der Waals surface area (Å²) in [6.07, 6.45) is 1.89. The number of carbonyl (C=O) groups excluding carboxylic acids is 1. The smallest absolute Gasteiger partial charge is 0.270 e. The average Bonchev–Trinajstić information content (AvgIpc) is 3.30. The Morgan fingerprint density at radius 2 is 2.30 bits per heavy atom. The van der Waals surface area contributed by atoms with Gasteiger partial charge in [-0.15, -0.1) is 0 Å². The van der Waals surface area contributed by atoms with E-state index in [1.807, 2.05) is 0 Å². The lowest BCUT2D eigenvalue weighted by atomic mass is 10.3. The van der Waals surface area contributed by atoms with Gasteiger partial charge < -0.3 is 19.8 Å². The number of nitrogens with zero attached hydrogens (tertiary/aromatic N) is 1. The molecule has 1 atom stereocenters. The third-order valence-electron chi connectivity index (χ3n) is 3.33. The number of hydrogen-bond acceptors (Lipinski definition) is 5. The lowest BCUT2D eigenvalue weighted by Crippen LogP contribution is -2.40. The first-order valence-electron chi connectivity index (χ1n) is 6.81. The van der Waals surface area contributed by atoms with Gasteiger partial charge in [0.25, 0.3) is 11.5 Å². The van der Waals surface area contributed by atoms with Crippen molar-refractivity contribution in [1.82, 2.24) is 15.3 Å². The molecule has 1 aromatic heterocycles. The summed E-state index contributed by atoms with van der Waals surface area (Å²) in [5.41, 5.74) is -0.128. The largest absolute Gasteiger partial charge is 0.376 e. The number of hydrogen-bond donors (Lipinski definition) is 2. The highest BCUT2D eigenvalue weighted by molar-refractivity contribution is 5.92. The summed E-state index contributed by atoms with van der Waals surface area (Å²) in [6, 6.07) is 1.22. The fraction of sp³-hybridized carbons (Fsp3) is 0.615. The van der Waals surface area contributed by atoms with Gasteiger partial charge >= 0.3 is 0 Å². The average molecular weight is 279 g/mol. The summed E-state index contributed by atoms with van der Waals surface area (Å²) in [7, 11) is 0. The Labute approximate surface area is 115 Å². The first-order valence-corrected chi connectivity index (χ1v) is 6.81. The van der Waals surface area contributed by atoms with Gasteiger partial charge in [-0.25, -0.2) is 4.98 Å². The number of ether oxygens (including phenoxy) is 2. The second-order valence-corrected chi connectivity index (χ2v) is 5.07. The van der Waals surface area contributed by atoms with Crippen LogP contribution in [0.1, 0.15) is 35.1 Å². The maximum Gasteiger partial charge on any atom is 0.270 e. The van der Waals surface area contributed by atoms with E-state index >= 15 is 0 Å². The summed E-state index contributed by atoms with van der Waals surface area (Å²) in [5, 5.41) is 2.72. The van der Waals surface area contributed by atoms with E-state index in [1.54, 1.807) is 0 Å². The van der Waals surface area contributed by atoms with E-state index < -0.39 is 0 Å². The van der Waals surface area contributed by atoms with Crippen molar-refractivity contribution in [2.75, 3.05) is 26.4 Å². The van der Waals surface area contributed by atoms with Crippen LogP contribution in [0.4, 0.5) is 0 Å². The summed E-state index contributed by atoms with van der Waals surface area (Å²) in [4.78, 5) is 30.4. The first-order chi connectivity index (χ1) is 9.72. The Bertz CT molecular complexity index is 547. The van der Waals surface area contributed by atoms with Crippen LogP contribution < -0.4 is 10.9 Å². The van der Waals surface area contributed by atoms with Crippen LogP contribution in [-0.4, -0.2) is 48.3 Å². The highest BCUT2D eigenvalue weighted by Crippen LogP contribution is 2.37. The number of H-pyrrole nitrogens is 1. The molecule has 7 nitrogen and oxygen atoms in total. The summed E-state index contributed by atoms with van der Waals surface area (Å²) < 4.78 is 10.7. The maximum atomic E-state index is 12.0. The summed E-state index contributed by atoms with van der Waals surface area (Å²) >= 11 is 0. The van der Waals surface area contributed by atoms with Gasteiger partial charge in [0.1, 0.15) is 11.5 Å². The molecule has 0 spiro atoms. The van der Waals surface area contributed by atoms with Crippen molar-refractivity contribution in [2.45, 2.75) is 24.9 Å². The third kappa shape index (κ3) is 3.23. The van der Waals surface area contributed by atoms with E-state index in [-0.39, 0.29) is 23.3 Å². The van der Waals surface area contributed by atoms with E-state index in [0.717, 1.165) is 12.8 Å². The molecule has 3 rings (SSSR count). The molecule has 0 radical (unpaired) electrons. The lowest BCUT2D eigenvalue weighted by Gasteiger charge is -2.22. The first kappa shape index (κ1) is 13.3. The normalized spacial score (nSPS) is 22.5. The lowest BCUT2D eigenvalue weighted by molar-refractivity contribution is -0.0855. The molecule has 2 fully saturated rings. The second-order valence-electron chi connectivity index (χ2n) is 5.07. The third-order valence-corrected chi connectivity index (χ3v) is 3.33. The van der Waals surface area contributed by atoms with E-state index in [0.29, 0.717) is 38.1 Å². The molecule has 108 valence electrons. The minimum Gasteiger partial charge on any atom is -0.376 e. The number of rotatable bonds is 4. The molecule has 2 heterocycles. The molecule has 20 heavy (non-hydrogen) atoms. The number of carbonyl (C=O) groups is 1. The van der Waals surface area contributed by atoms with Crippen LogP contribution in [0.15, 0.2) is 10.9 Å². The highest BCUT2D eigenvalue weighted by Gasteiger charge is 2.27. The molecular weight excluding hydrogens is 262 g/mol. The van der Waals surface area contributed by atoms with E-state index in [2.05, 4.69) is 15.3 Å². The molecule has 0 aromatic carbocycles. The quantitative estimate of drug-likeness (QED) is 0.795. The predicted octanol–water partition coefficient (Wildman–Crippen LogP) is -0.207. The van der Waals surface area contributed by atoms with Crippen LogP contribution >= 0.6 is 0 Å². The van der Waals surface area contributed by atoms with Crippen molar-refractivity contribution < 1.29 is 14.3 Å². The fourth-order valence-corrected chi connectivity index (χ4v) is 2.09. The zero-order valence-corrected chi connectivity index (χ0v) is 11.1. The Kier molecular flexibility index (Phi) is 3.79. The molecule has 7 heteroatoms. The van der Waals surface area contributed by atoms with Crippen LogP contribution in [-0.2, 0) is 9.47 Å². The molecule has 1 saturated carbocycles. The molecule has 1 aliphatic carbocycles. The number of aromatic amines is 1.